The Bertz CT molecular complexity index is 741. The average molecular weight is 324 g/mol. The number of piperazine rings is 1. The SMILES string of the molecule is CN1CCN(c2oc(-c3ccc(C(C)(C)C)cc3)nc2C#N)CC1. The third-order valence-electron chi connectivity index (χ3n) is 4.50. The van der Waals surface area contributed by atoms with Gasteiger partial charge >= 0.3 is 0 Å². The normalized spacial score (nSPS) is 16.2. The highest BCUT2D eigenvalue weighted by molar-refractivity contribution is 5.60. The van der Waals surface area contributed by atoms with Crippen molar-refractivity contribution in [3.8, 4) is 17.5 Å². The lowest BCUT2D eigenvalue weighted by molar-refractivity contribution is 0.306. The van der Waals surface area contributed by atoms with Crippen molar-refractivity contribution in [3.05, 3.63) is 35.5 Å². The molecule has 0 aliphatic carbocycles. The Balaban J connectivity index is 1.89. The molecule has 1 aliphatic heterocycles. The highest BCUT2D eigenvalue weighted by Gasteiger charge is 2.23. The number of anilines is 1. The van der Waals surface area contributed by atoms with E-state index in [1.165, 1.54) is 5.56 Å². The van der Waals surface area contributed by atoms with Gasteiger partial charge in [-0.2, -0.15) is 10.2 Å². The zero-order chi connectivity index (χ0) is 17.3. The van der Waals surface area contributed by atoms with Crippen molar-refractivity contribution in [3.63, 3.8) is 0 Å². The van der Waals surface area contributed by atoms with Crippen molar-refractivity contribution in [1.29, 1.82) is 5.26 Å². The summed E-state index contributed by atoms with van der Waals surface area (Å²) in [5, 5.41) is 9.40. The van der Waals surface area contributed by atoms with Crippen molar-refractivity contribution >= 4 is 5.88 Å². The lowest BCUT2D eigenvalue weighted by Crippen LogP contribution is -2.44. The van der Waals surface area contributed by atoms with Crippen LogP contribution in [0.1, 0.15) is 32.0 Å². The molecular weight excluding hydrogens is 300 g/mol. The first-order valence-electron chi connectivity index (χ1n) is 8.34. The number of hydrogen-bond donors (Lipinski definition) is 0. The molecule has 1 aromatic carbocycles. The predicted octanol–water partition coefficient (Wildman–Crippen LogP) is 3.26. The molecular formula is C19H24N4O. The van der Waals surface area contributed by atoms with Crippen molar-refractivity contribution in [2.45, 2.75) is 26.2 Å². The molecule has 1 saturated heterocycles. The summed E-state index contributed by atoms with van der Waals surface area (Å²) in [6, 6.07) is 10.4. The Morgan fingerprint density at radius 1 is 1.08 bits per heavy atom. The zero-order valence-corrected chi connectivity index (χ0v) is 14.8. The highest BCUT2D eigenvalue weighted by Crippen LogP contribution is 2.30. The Labute approximate surface area is 143 Å². The fraction of sp³-hybridized carbons (Fsp3) is 0.474. The maximum Gasteiger partial charge on any atom is 0.235 e. The van der Waals surface area contributed by atoms with E-state index in [1.807, 2.05) is 12.1 Å². The molecule has 1 fully saturated rings. The van der Waals surface area contributed by atoms with Crippen molar-refractivity contribution in [1.82, 2.24) is 9.88 Å². The maximum absolute atomic E-state index is 9.40. The molecule has 0 atom stereocenters. The number of hydrogen-bond acceptors (Lipinski definition) is 5. The monoisotopic (exact) mass is 324 g/mol. The zero-order valence-electron chi connectivity index (χ0n) is 14.8. The summed E-state index contributed by atoms with van der Waals surface area (Å²) in [6.45, 7) is 10.2. The van der Waals surface area contributed by atoms with E-state index in [0.29, 0.717) is 17.5 Å². The summed E-state index contributed by atoms with van der Waals surface area (Å²) in [5.74, 6) is 1.11. The van der Waals surface area contributed by atoms with Crippen LogP contribution in [0.4, 0.5) is 5.88 Å². The number of nitrogens with zero attached hydrogens (tertiary/aromatic N) is 4. The first-order chi connectivity index (χ1) is 11.4. The summed E-state index contributed by atoms with van der Waals surface area (Å²) in [6.07, 6.45) is 0. The van der Waals surface area contributed by atoms with Crippen molar-refractivity contribution in [2.75, 3.05) is 38.1 Å². The number of aromatic nitrogens is 1. The molecule has 0 saturated carbocycles. The minimum Gasteiger partial charge on any atom is -0.419 e. The van der Waals surface area contributed by atoms with Crippen LogP contribution in [0.25, 0.3) is 11.5 Å². The predicted molar refractivity (Wildman–Crippen MR) is 95.1 cm³/mol. The molecule has 0 bridgehead atoms. The van der Waals surface area contributed by atoms with E-state index in [2.05, 4.69) is 60.8 Å². The van der Waals surface area contributed by atoms with Gasteiger partial charge in [0.25, 0.3) is 0 Å². The summed E-state index contributed by atoms with van der Waals surface area (Å²) < 4.78 is 5.97. The van der Waals surface area contributed by atoms with Crippen LogP contribution < -0.4 is 4.90 Å². The highest BCUT2D eigenvalue weighted by atomic mass is 16.4. The molecule has 126 valence electrons. The maximum atomic E-state index is 9.40. The number of nitriles is 1. The van der Waals surface area contributed by atoms with E-state index in [-0.39, 0.29) is 5.41 Å². The van der Waals surface area contributed by atoms with Crippen molar-refractivity contribution in [2.24, 2.45) is 0 Å². The smallest absolute Gasteiger partial charge is 0.235 e. The molecule has 1 aliphatic rings. The van der Waals surface area contributed by atoms with Crippen LogP contribution in [-0.4, -0.2) is 43.1 Å². The molecule has 0 N–H and O–H groups in total. The lowest BCUT2D eigenvalue weighted by atomic mass is 9.87. The fourth-order valence-corrected chi connectivity index (χ4v) is 2.85. The van der Waals surface area contributed by atoms with Gasteiger partial charge in [0.2, 0.25) is 17.5 Å². The first kappa shape index (κ1) is 16.5. The van der Waals surface area contributed by atoms with Crippen molar-refractivity contribution < 1.29 is 4.42 Å². The summed E-state index contributed by atoms with van der Waals surface area (Å²) in [7, 11) is 2.10. The van der Waals surface area contributed by atoms with Gasteiger partial charge in [0.1, 0.15) is 6.07 Å². The number of likely N-dealkylation sites (N-methyl/N-ethyl adjacent to an activating group) is 1. The van der Waals surface area contributed by atoms with Crippen LogP contribution in [0.2, 0.25) is 0 Å². The summed E-state index contributed by atoms with van der Waals surface area (Å²) in [4.78, 5) is 8.78. The van der Waals surface area contributed by atoms with E-state index in [0.717, 1.165) is 31.7 Å². The van der Waals surface area contributed by atoms with Crippen LogP contribution in [0.5, 0.6) is 0 Å². The van der Waals surface area contributed by atoms with E-state index >= 15 is 0 Å². The molecule has 2 aromatic rings. The molecule has 0 radical (unpaired) electrons. The van der Waals surface area contributed by atoms with Crippen LogP contribution in [0, 0.1) is 11.3 Å². The fourth-order valence-electron chi connectivity index (χ4n) is 2.85. The van der Waals surface area contributed by atoms with Gasteiger partial charge < -0.3 is 14.2 Å². The average Bonchev–Trinajstić information content (AvgIpc) is 2.99. The van der Waals surface area contributed by atoms with Crippen LogP contribution in [-0.2, 0) is 5.41 Å². The Hall–Kier alpha value is -2.32. The third-order valence-corrected chi connectivity index (χ3v) is 4.50. The van der Waals surface area contributed by atoms with E-state index in [9.17, 15) is 5.26 Å². The van der Waals surface area contributed by atoms with Gasteiger partial charge in [0.15, 0.2) is 0 Å². The van der Waals surface area contributed by atoms with Crippen LogP contribution >= 0.6 is 0 Å². The second kappa shape index (κ2) is 6.29. The molecule has 0 amide bonds. The number of oxazole rings is 1. The second-order valence-corrected chi connectivity index (χ2v) is 7.40. The molecule has 0 spiro atoms. The molecule has 3 rings (SSSR count). The Kier molecular flexibility index (Phi) is 4.33. The van der Waals surface area contributed by atoms with Gasteiger partial charge in [-0.25, -0.2) is 0 Å². The molecule has 5 nitrogen and oxygen atoms in total. The molecule has 1 aromatic heterocycles. The van der Waals surface area contributed by atoms with E-state index in [4.69, 9.17) is 4.42 Å². The minimum atomic E-state index is 0.109. The summed E-state index contributed by atoms with van der Waals surface area (Å²) in [5.41, 5.74) is 2.64. The molecule has 24 heavy (non-hydrogen) atoms. The molecule has 5 heteroatoms. The van der Waals surface area contributed by atoms with Crippen LogP contribution in [0.15, 0.2) is 28.7 Å². The van der Waals surface area contributed by atoms with E-state index in [1.54, 1.807) is 0 Å². The van der Waals surface area contributed by atoms with E-state index < -0.39 is 0 Å². The quantitative estimate of drug-likeness (QED) is 0.848. The second-order valence-electron chi connectivity index (χ2n) is 7.40. The third kappa shape index (κ3) is 3.29. The van der Waals surface area contributed by atoms with Gasteiger partial charge in [0, 0.05) is 31.7 Å². The standard InChI is InChI=1S/C19H24N4O/c1-19(2,3)15-7-5-14(6-8-15)17-21-16(13-20)18(24-17)23-11-9-22(4)10-12-23/h5-8H,9-12H2,1-4H3. The Morgan fingerprint density at radius 2 is 1.71 bits per heavy atom. The first-order valence-corrected chi connectivity index (χ1v) is 8.34. The van der Waals surface area contributed by atoms with Gasteiger partial charge in [-0.1, -0.05) is 32.9 Å². The molecule has 0 unspecified atom stereocenters. The minimum absolute atomic E-state index is 0.109. The largest absolute Gasteiger partial charge is 0.419 e. The Morgan fingerprint density at radius 3 is 2.25 bits per heavy atom. The van der Waals surface area contributed by atoms with Crippen LogP contribution in [0.3, 0.4) is 0 Å². The topological polar surface area (TPSA) is 56.3 Å². The number of benzene rings is 1. The van der Waals surface area contributed by atoms with Gasteiger partial charge in [0.05, 0.1) is 0 Å². The lowest BCUT2D eigenvalue weighted by Gasteiger charge is -2.31. The summed E-state index contributed by atoms with van der Waals surface area (Å²) >= 11 is 0. The number of rotatable bonds is 2. The van der Waals surface area contributed by atoms with Gasteiger partial charge in [-0.3, -0.25) is 0 Å². The molecule has 2 heterocycles. The van der Waals surface area contributed by atoms with Gasteiger partial charge in [-0.15, -0.1) is 0 Å². The van der Waals surface area contributed by atoms with Gasteiger partial charge in [-0.05, 0) is 30.2 Å².